The molecule has 9 heteroatoms. The van der Waals surface area contributed by atoms with E-state index in [1.54, 1.807) is 36.4 Å². The lowest BCUT2D eigenvalue weighted by Gasteiger charge is -2.28. The maximum absolute atomic E-state index is 13.9. The first kappa shape index (κ1) is 28.7. The molecule has 1 unspecified atom stereocenters. The third-order valence-electron chi connectivity index (χ3n) is 7.33. The van der Waals surface area contributed by atoms with Gasteiger partial charge in [-0.3, -0.25) is 9.59 Å². The number of rotatable bonds is 10. The van der Waals surface area contributed by atoms with E-state index < -0.39 is 15.9 Å². The molecule has 0 aliphatic carbocycles. The van der Waals surface area contributed by atoms with Crippen molar-refractivity contribution >= 4 is 26.9 Å². The quantitative estimate of drug-likeness (QED) is 0.270. The van der Waals surface area contributed by atoms with Gasteiger partial charge in [0.25, 0.3) is 0 Å². The molecule has 0 radical (unpaired) electrons. The zero-order valence-electron chi connectivity index (χ0n) is 23.3. The highest BCUT2D eigenvalue weighted by molar-refractivity contribution is 7.89. The number of aryl methyl sites for hydroxylation is 2. The van der Waals surface area contributed by atoms with E-state index in [0.29, 0.717) is 23.1 Å². The van der Waals surface area contributed by atoms with Gasteiger partial charge in [0, 0.05) is 19.7 Å². The molecular formula is C32H34N2O6S. The van der Waals surface area contributed by atoms with Crippen LogP contribution < -0.4 is 5.43 Å². The normalized spacial score (nSPS) is 15.4. The second-order valence-corrected chi connectivity index (χ2v) is 12.5. The van der Waals surface area contributed by atoms with E-state index in [2.05, 4.69) is 0 Å². The Labute approximate surface area is 240 Å². The van der Waals surface area contributed by atoms with Gasteiger partial charge in [0.2, 0.25) is 15.9 Å². The van der Waals surface area contributed by atoms with Gasteiger partial charge >= 0.3 is 0 Å². The fourth-order valence-electron chi connectivity index (χ4n) is 5.01. The van der Waals surface area contributed by atoms with Crippen LogP contribution in [0.25, 0.3) is 11.0 Å². The van der Waals surface area contributed by atoms with E-state index in [0.717, 1.165) is 29.5 Å². The molecule has 5 rings (SSSR count). The van der Waals surface area contributed by atoms with Gasteiger partial charge in [0.05, 0.1) is 41.3 Å². The number of hydrogen-bond acceptors (Lipinski definition) is 6. The van der Waals surface area contributed by atoms with Crippen LogP contribution in [-0.4, -0.2) is 49.3 Å². The summed E-state index contributed by atoms with van der Waals surface area (Å²) in [6, 6.07) is 21.4. The van der Waals surface area contributed by atoms with Crippen LogP contribution in [0.5, 0.6) is 0 Å². The number of sulfonamides is 1. The summed E-state index contributed by atoms with van der Waals surface area (Å²) in [6.45, 7) is 4.19. The molecule has 1 aromatic heterocycles. The van der Waals surface area contributed by atoms with Crippen molar-refractivity contribution in [2.75, 3.05) is 19.7 Å². The van der Waals surface area contributed by atoms with Gasteiger partial charge < -0.3 is 14.1 Å². The Hall–Kier alpha value is -3.79. The van der Waals surface area contributed by atoms with Gasteiger partial charge in [-0.1, -0.05) is 59.7 Å². The molecule has 4 aromatic rings. The second kappa shape index (κ2) is 12.4. The summed E-state index contributed by atoms with van der Waals surface area (Å²) in [5.74, 6) is -0.425. The zero-order valence-corrected chi connectivity index (χ0v) is 24.1. The highest BCUT2D eigenvalue weighted by Gasteiger charge is 2.32. The van der Waals surface area contributed by atoms with E-state index in [9.17, 15) is 18.0 Å². The van der Waals surface area contributed by atoms with E-state index >= 15 is 0 Å². The lowest BCUT2D eigenvalue weighted by Crippen LogP contribution is -2.45. The predicted octanol–water partition coefficient (Wildman–Crippen LogP) is 4.81. The van der Waals surface area contributed by atoms with Gasteiger partial charge in [0.15, 0.2) is 5.43 Å². The maximum atomic E-state index is 13.9. The highest BCUT2D eigenvalue weighted by Crippen LogP contribution is 2.22. The Balaban J connectivity index is 1.47. The third kappa shape index (κ3) is 6.75. The van der Waals surface area contributed by atoms with Crippen LogP contribution in [0.15, 0.2) is 93.2 Å². The Kier molecular flexibility index (Phi) is 8.68. The first-order valence-corrected chi connectivity index (χ1v) is 15.2. The summed E-state index contributed by atoms with van der Waals surface area (Å²) < 4.78 is 40.2. The molecule has 0 N–H and O–H groups in total. The Morgan fingerprint density at radius 2 is 1.68 bits per heavy atom. The third-order valence-corrected chi connectivity index (χ3v) is 9.16. The second-order valence-electron chi connectivity index (χ2n) is 10.6. The number of fused-ring (bicyclic) bond motifs is 1. The Bertz CT molecular complexity index is 1680. The molecule has 8 nitrogen and oxygen atoms in total. The average Bonchev–Trinajstić information content (AvgIpc) is 3.48. The summed E-state index contributed by atoms with van der Waals surface area (Å²) in [4.78, 5) is 29.0. The van der Waals surface area contributed by atoms with Crippen molar-refractivity contribution in [3.05, 3.63) is 112 Å². The van der Waals surface area contributed by atoms with Crippen LogP contribution >= 0.6 is 0 Å². The van der Waals surface area contributed by atoms with Gasteiger partial charge in [-0.15, -0.1) is 0 Å². The molecule has 2 heterocycles. The van der Waals surface area contributed by atoms with Crippen LogP contribution in [-0.2, 0) is 32.6 Å². The summed E-state index contributed by atoms with van der Waals surface area (Å²) in [7, 11) is -4.00. The molecule has 1 saturated heterocycles. The van der Waals surface area contributed by atoms with Gasteiger partial charge in [-0.05, 0) is 56.5 Å². The summed E-state index contributed by atoms with van der Waals surface area (Å²) in [5.41, 5.74) is 3.28. The highest BCUT2D eigenvalue weighted by atomic mass is 32.2. The smallest absolute Gasteiger partial charge is 0.243 e. The molecule has 41 heavy (non-hydrogen) atoms. The van der Waals surface area contributed by atoms with E-state index in [-0.39, 0.29) is 42.6 Å². The monoisotopic (exact) mass is 574 g/mol. The maximum Gasteiger partial charge on any atom is 0.243 e. The van der Waals surface area contributed by atoms with Gasteiger partial charge in [0.1, 0.15) is 5.58 Å². The topological polar surface area (TPSA) is 97.1 Å². The number of ether oxygens (including phenoxy) is 1. The van der Waals surface area contributed by atoms with Gasteiger partial charge in [-0.2, -0.15) is 4.31 Å². The van der Waals surface area contributed by atoms with Crippen LogP contribution in [0.2, 0.25) is 0 Å². The van der Waals surface area contributed by atoms with Crippen molar-refractivity contribution in [3.8, 4) is 0 Å². The van der Waals surface area contributed by atoms with E-state index in [1.165, 1.54) is 15.5 Å². The minimum absolute atomic E-state index is 0.0295. The molecule has 1 aliphatic heterocycles. The zero-order chi connectivity index (χ0) is 29.0. The van der Waals surface area contributed by atoms with E-state index in [1.807, 2.05) is 50.2 Å². The minimum atomic E-state index is -4.00. The first-order chi connectivity index (χ1) is 19.7. The summed E-state index contributed by atoms with van der Waals surface area (Å²) in [6.07, 6.45) is 2.66. The lowest BCUT2D eigenvalue weighted by molar-refractivity contribution is -0.132. The Morgan fingerprint density at radius 1 is 0.951 bits per heavy atom. The van der Waals surface area contributed by atoms with Crippen molar-refractivity contribution in [1.29, 1.82) is 0 Å². The molecule has 0 saturated carbocycles. The molecule has 1 atom stereocenters. The predicted molar refractivity (Wildman–Crippen MR) is 157 cm³/mol. The minimum Gasteiger partial charge on any atom is -0.464 e. The standard InChI is InChI=1S/C32H34N2O6S/c1-23-10-13-28(14-11-23)41(37,38)34(20-27-9-6-16-39-27)21-31(35)33(18-25-7-4-3-5-8-25)19-26-22-40-30-15-12-24(2)17-29(30)32(26)36/h3-5,7-8,10-15,17,22,27H,6,9,16,18-21H2,1-2H3. The molecule has 0 bridgehead atoms. The molecular weight excluding hydrogens is 540 g/mol. The molecule has 1 fully saturated rings. The fraction of sp³-hybridized carbons (Fsp3) is 0.312. The van der Waals surface area contributed by atoms with Crippen molar-refractivity contribution in [1.82, 2.24) is 9.21 Å². The number of benzene rings is 3. The van der Waals surface area contributed by atoms with Crippen LogP contribution in [0.3, 0.4) is 0 Å². The Morgan fingerprint density at radius 3 is 2.39 bits per heavy atom. The number of amides is 1. The molecule has 0 spiro atoms. The largest absolute Gasteiger partial charge is 0.464 e. The van der Waals surface area contributed by atoms with Crippen molar-refractivity contribution in [2.45, 2.75) is 50.8 Å². The molecule has 214 valence electrons. The molecule has 3 aromatic carbocycles. The van der Waals surface area contributed by atoms with E-state index in [4.69, 9.17) is 9.15 Å². The van der Waals surface area contributed by atoms with Crippen LogP contribution in [0.1, 0.15) is 35.1 Å². The summed E-state index contributed by atoms with van der Waals surface area (Å²) >= 11 is 0. The number of carbonyl (C=O) groups excluding carboxylic acids is 1. The average molecular weight is 575 g/mol. The van der Waals surface area contributed by atoms with Crippen molar-refractivity contribution in [3.63, 3.8) is 0 Å². The van der Waals surface area contributed by atoms with Crippen molar-refractivity contribution < 1.29 is 22.4 Å². The fourth-order valence-corrected chi connectivity index (χ4v) is 6.43. The molecule has 1 amide bonds. The SMILES string of the molecule is Cc1ccc(S(=O)(=O)N(CC(=O)N(Cc2ccccc2)Cc2coc3ccc(C)cc3c2=O)CC2CCCO2)cc1. The molecule has 1 aliphatic rings. The first-order valence-electron chi connectivity index (χ1n) is 13.7. The van der Waals surface area contributed by atoms with Crippen molar-refractivity contribution in [2.24, 2.45) is 0 Å². The van der Waals surface area contributed by atoms with Crippen LogP contribution in [0, 0.1) is 13.8 Å². The lowest BCUT2D eigenvalue weighted by atomic mass is 10.1. The number of hydrogen-bond donors (Lipinski definition) is 0. The summed E-state index contributed by atoms with van der Waals surface area (Å²) in [5, 5.41) is 0.441. The number of carbonyl (C=O) groups is 1. The van der Waals surface area contributed by atoms with Gasteiger partial charge in [-0.25, -0.2) is 8.42 Å². The number of nitrogens with zero attached hydrogens (tertiary/aromatic N) is 2. The van der Waals surface area contributed by atoms with Crippen LogP contribution in [0.4, 0.5) is 0 Å².